The Morgan fingerprint density at radius 1 is 0.906 bits per heavy atom. The van der Waals surface area contributed by atoms with E-state index < -0.39 is 0 Å². The highest BCUT2D eigenvalue weighted by Gasteiger charge is 2.17. The third-order valence-corrected chi connectivity index (χ3v) is 5.22. The molecule has 32 heavy (non-hydrogen) atoms. The van der Waals surface area contributed by atoms with Crippen molar-refractivity contribution in [3.05, 3.63) is 90.3 Å². The monoisotopic (exact) mass is 429 g/mol. The lowest BCUT2D eigenvalue weighted by Crippen LogP contribution is -2.30. The number of likely N-dealkylation sites (N-methyl/N-ethyl adjacent to an activating group) is 1. The molecule has 0 N–H and O–H groups in total. The van der Waals surface area contributed by atoms with Gasteiger partial charge >= 0.3 is 0 Å². The molecule has 0 radical (unpaired) electrons. The maximum Gasteiger partial charge on any atom is 0.242 e. The van der Waals surface area contributed by atoms with Crippen LogP contribution in [0.3, 0.4) is 0 Å². The summed E-state index contributed by atoms with van der Waals surface area (Å²) in [5.41, 5.74) is 2.82. The van der Waals surface area contributed by atoms with Gasteiger partial charge in [0.2, 0.25) is 5.91 Å². The molecule has 0 aliphatic carbocycles. The van der Waals surface area contributed by atoms with E-state index in [1.807, 2.05) is 97.4 Å². The first-order valence-electron chi connectivity index (χ1n) is 10.7. The van der Waals surface area contributed by atoms with E-state index in [0.717, 1.165) is 33.9 Å². The summed E-state index contributed by atoms with van der Waals surface area (Å²) in [5, 5.41) is 0. The van der Waals surface area contributed by atoms with Crippen molar-refractivity contribution >= 4 is 16.9 Å². The van der Waals surface area contributed by atoms with Crippen LogP contribution in [0.15, 0.2) is 78.9 Å². The van der Waals surface area contributed by atoms with Gasteiger partial charge in [0, 0.05) is 13.6 Å². The third-order valence-electron chi connectivity index (χ3n) is 5.22. The van der Waals surface area contributed by atoms with E-state index in [0.29, 0.717) is 13.2 Å². The van der Waals surface area contributed by atoms with Gasteiger partial charge < -0.3 is 18.9 Å². The largest absolute Gasteiger partial charge is 0.494 e. The number of fused-ring (bicyclic) bond motifs is 1. The number of carbonyl (C=O) groups excluding carboxylic acids is 1. The van der Waals surface area contributed by atoms with Crippen LogP contribution in [0.2, 0.25) is 0 Å². The average molecular weight is 430 g/mol. The smallest absolute Gasteiger partial charge is 0.242 e. The Balaban J connectivity index is 1.48. The van der Waals surface area contributed by atoms with E-state index in [-0.39, 0.29) is 19.1 Å². The zero-order valence-corrected chi connectivity index (χ0v) is 18.4. The maximum absolute atomic E-state index is 13.1. The molecule has 4 aromatic rings. The SMILES string of the molecule is CCOc1ccc(CN(C)C(=O)Cn2c(COc3ccccc3)nc3ccccc32)cc1. The van der Waals surface area contributed by atoms with Crippen LogP contribution < -0.4 is 9.47 Å². The first kappa shape index (κ1) is 21.4. The zero-order chi connectivity index (χ0) is 22.3. The first-order chi connectivity index (χ1) is 15.6. The van der Waals surface area contributed by atoms with Crippen molar-refractivity contribution in [1.29, 1.82) is 0 Å². The molecular weight excluding hydrogens is 402 g/mol. The second-order valence-electron chi connectivity index (χ2n) is 7.53. The highest BCUT2D eigenvalue weighted by atomic mass is 16.5. The van der Waals surface area contributed by atoms with Crippen LogP contribution in [-0.2, 0) is 24.5 Å². The van der Waals surface area contributed by atoms with Gasteiger partial charge in [-0.3, -0.25) is 4.79 Å². The van der Waals surface area contributed by atoms with Crippen molar-refractivity contribution in [3.63, 3.8) is 0 Å². The Bertz CT molecular complexity index is 1170. The van der Waals surface area contributed by atoms with E-state index in [1.54, 1.807) is 4.90 Å². The van der Waals surface area contributed by atoms with Crippen LogP contribution >= 0.6 is 0 Å². The molecule has 0 fully saturated rings. The lowest BCUT2D eigenvalue weighted by molar-refractivity contribution is -0.131. The van der Waals surface area contributed by atoms with Gasteiger partial charge in [0.1, 0.15) is 30.5 Å². The molecule has 0 atom stereocenters. The third kappa shape index (κ3) is 5.09. The molecule has 6 heteroatoms. The summed E-state index contributed by atoms with van der Waals surface area (Å²) in [6.07, 6.45) is 0. The lowest BCUT2D eigenvalue weighted by atomic mass is 10.2. The van der Waals surface area contributed by atoms with Crippen molar-refractivity contribution in [2.24, 2.45) is 0 Å². The van der Waals surface area contributed by atoms with Crippen molar-refractivity contribution in [3.8, 4) is 11.5 Å². The van der Waals surface area contributed by atoms with E-state index in [4.69, 9.17) is 14.5 Å². The normalized spacial score (nSPS) is 10.8. The van der Waals surface area contributed by atoms with Crippen molar-refractivity contribution in [2.75, 3.05) is 13.7 Å². The van der Waals surface area contributed by atoms with Gasteiger partial charge in [0.25, 0.3) is 0 Å². The molecular formula is C26H27N3O3. The molecule has 0 saturated heterocycles. The van der Waals surface area contributed by atoms with Crippen LogP contribution in [0.25, 0.3) is 11.0 Å². The molecule has 1 heterocycles. The molecule has 6 nitrogen and oxygen atoms in total. The molecule has 0 aliphatic heterocycles. The molecule has 4 rings (SSSR count). The van der Waals surface area contributed by atoms with Crippen molar-refractivity contribution in [2.45, 2.75) is 26.6 Å². The fourth-order valence-corrected chi connectivity index (χ4v) is 3.55. The quantitative estimate of drug-likeness (QED) is 0.388. The predicted octanol–water partition coefficient (Wildman–Crippen LogP) is 4.67. The molecule has 0 spiro atoms. The molecule has 164 valence electrons. The van der Waals surface area contributed by atoms with Crippen LogP contribution in [0.5, 0.6) is 11.5 Å². The van der Waals surface area contributed by atoms with Gasteiger partial charge in [-0.05, 0) is 48.9 Å². The van der Waals surface area contributed by atoms with Crippen LogP contribution in [0.4, 0.5) is 0 Å². The molecule has 0 bridgehead atoms. The van der Waals surface area contributed by atoms with E-state index >= 15 is 0 Å². The Morgan fingerprint density at radius 3 is 2.34 bits per heavy atom. The number of benzene rings is 3. The predicted molar refractivity (Wildman–Crippen MR) is 125 cm³/mol. The summed E-state index contributed by atoms with van der Waals surface area (Å²) in [6.45, 7) is 3.59. The van der Waals surface area contributed by atoms with Crippen LogP contribution in [0.1, 0.15) is 18.3 Å². The number of hydrogen-bond donors (Lipinski definition) is 0. The highest BCUT2D eigenvalue weighted by molar-refractivity contribution is 5.81. The molecule has 0 unspecified atom stereocenters. The zero-order valence-electron chi connectivity index (χ0n) is 18.4. The Hall–Kier alpha value is -3.80. The molecule has 0 aliphatic rings. The van der Waals surface area contributed by atoms with Gasteiger partial charge in [-0.15, -0.1) is 0 Å². The van der Waals surface area contributed by atoms with Gasteiger partial charge in [-0.2, -0.15) is 0 Å². The number of hydrogen-bond acceptors (Lipinski definition) is 4. The second-order valence-corrected chi connectivity index (χ2v) is 7.53. The minimum Gasteiger partial charge on any atom is -0.494 e. The number of carbonyl (C=O) groups is 1. The number of rotatable bonds is 9. The number of aromatic nitrogens is 2. The Kier molecular flexibility index (Phi) is 6.70. The van der Waals surface area contributed by atoms with Crippen LogP contribution in [-0.4, -0.2) is 34.0 Å². The topological polar surface area (TPSA) is 56.6 Å². The van der Waals surface area contributed by atoms with Gasteiger partial charge in [0.15, 0.2) is 0 Å². The number of amides is 1. The summed E-state index contributed by atoms with van der Waals surface area (Å²) in [4.78, 5) is 19.5. The Labute approximate surface area is 188 Å². The highest BCUT2D eigenvalue weighted by Crippen LogP contribution is 2.19. The van der Waals surface area contributed by atoms with Crippen molar-refractivity contribution in [1.82, 2.24) is 14.5 Å². The van der Waals surface area contributed by atoms with E-state index in [1.165, 1.54) is 0 Å². The summed E-state index contributed by atoms with van der Waals surface area (Å²) >= 11 is 0. The fraction of sp³-hybridized carbons (Fsp3) is 0.231. The first-order valence-corrected chi connectivity index (χ1v) is 10.7. The maximum atomic E-state index is 13.1. The molecule has 3 aromatic carbocycles. The average Bonchev–Trinajstić information content (AvgIpc) is 3.17. The van der Waals surface area contributed by atoms with E-state index in [9.17, 15) is 4.79 Å². The van der Waals surface area contributed by atoms with Gasteiger partial charge in [-0.1, -0.05) is 42.5 Å². The summed E-state index contributed by atoms with van der Waals surface area (Å²) in [6, 6.07) is 25.3. The molecule has 1 aromatic heterocycles. The molecule has 0 saturated carbocycles. The number of imidazole rings is 1. The second kappa shape index (κ2) is 10.0. The minimum absolute atomic E-state index is 0.00278. The number of nitrogens with zero attached hydrogens (tertiary/aromatic N) is 3. The summed E-state index contributed by atoms with van der Waals surface area (Å²) in [5.74, 6) is 2.32. The van der Waals surface area contributed by atoms with Crippen LogP contribution in [0, 0.1) is 0 Å². The fourth-order valence-electron chi connectivity index (χ4n) is 3.55. The van der Waals surface area contributed by atoms with Gasteiger partial charge in [-0.25, -0.2) is 4.98 Å². The summed E-state index contributed by atoms with van der Waals surface area (Å²) in [7, 11) is 1.82. The van der Waals surface area contributed by atoms with Crippen molar-refractivity contribution < 1.29 is 14.3 Å². The summed E-state index contributed by atoms with van der Waals surface area (Å²) < 4.78 is 13.3. The minimum atomic E-state index is 0.00278. The number of ether oxygens (including phenoxy) is 2. The standard InChI is InChI=1S/C26H27N3O3/c1-3-31-22-15-13-20(14-16-22)17-28(2)26(30)18-29-24-12-8-7-11-23(24)27-25(29)19-32-21-9-5-4-6-10-21/h4-16H,3,17-19H2,1-2H3. The lowest BCUT2D eigenvalue weighted by Gasteiger charge is -2.19. The Morgan fingerprint density at radius 2 is 1.59 bits per heavy atom. The number of para-hydroxylation sites is 3. The molecule has 1 amide bonds. The van der Waals surface area contributed by atoms with E-state index in [2.05, 4.69) is 0 Å². The van der Waals surface area contributed by atoms with Gasteiger partial charge in [0.05, 0.1) is 17.6 Å².